The van der Waals surface area contributed by atoms with E-state index >= 15 is 0 Å². The first kappa shape index (κ1) is 10.3. The van der Waals surface area contributed by atoms with Crippen molar-refractivity contribution in [2.45, 2.75) is 20.3 Å². The summed E-state index contributed by atoms with van der Waals surface area (Å²) >= 11 is 1.69. The molecule has 2 aromatic heterocycles. The second kappa shape index (κ2) is 4.53. The fourth-order valence-corrected chi connectivity index (χ4v) is 2.26. The van der Waals surface area contributed by atoms with Crippen LogP contribution < -0.4 is 0 Å². The van der Waals surface area contributed by atoms with Crippen LogP contribution in [-0.4, -0.2) is 9.97 Å². The standard InChI is InChI=1S/C12H14N2S/c1-9(2)6-11-8-15-12(14-11)10-4-3-5-13-7-10/h3-5,7-9H,6H2,1-2H3. The Morgan fingerprint density at radius 3 is 2.93 bits per heavy atom. The lowest BCUT2D eigenvalue weighted by molar-refractivity contribution is 0.638. The average molecular weight is 218 g/mol. The summed E-state index contributed by atoms with van der Waals surface area (Å²) in [6.45, 7) is 4.42. The molecule has 0 saturated carbocycles. The highest BCUT2D eigenvalue weighted by molar-refractivity contribution is 7.13. The molecule has 2 heterocycles. The predicted octanol–water partition coefficient (Wildman–Crippen LogP) is 3.40. The van der Waals surface area contributed by atoms with Crippen LogP contribution in [0.5, 0.6) is 0 Å². The summed E-state index contributed by atoms with van der Waals surface area (Å²) < 4.78 is 0. The van der Waals surface area contributed by atoms with Gasteiger partial charge in [-0.3, -0.25) is 4.98 Å². The molecule has 2 rings (SSSR count). The van der Waals surface area contributed by atoms with Gasteiger partial charge >= 0.3 is 0 Å². The summed E-state index contributed by atoms with van der Waals surface area (Å²) in [4.78, 5) is 8.70. The van der Waals surface area contributed by atoms with E-state index < -0.39 is 0 Å². The van der Waals surface area contributed by atoms with E-state index in [4.69, 9.17) is 0 Å². The van der Waals surface area contributed by atoms with Crippen molar-refractivity contribution in [3.63, 3.8) is 0 Å². The first-order valence-corrected chi connectivity index (χ1v) is 5.98. The first-order valence-electron chi connectivity index (χ1n) is 5.10. The molecule has 0 spiro atoms. The Balaban J connectivity index is 2.21. The molecule has 0 aliphatic carbocycles. The first-order chi connectivity index (χ1) is 7.25. The molecule has 15 heavy (non-hydrogen) atoms. The van der Waals surface area contributed by atoms with E-state index in [1.165, 1.54) is 5.69 Å². The van der Waals surface area contributed by atoms with Gasteiger partial charge in [0.1, 0.15) is 5.01 Å². The van der Waals surface area contributed by atoms with Crippen LogP contribution in [0.25, 0.3) is 10.6 Å². The molecule has 2 aromatic rings. The van der Waals surface area contributed by atoms with Crippen LogP contribution in [0.4, 0.5) is 0 Å². The van der Waals surface area contributed by atoms with Crippen LogP contribution in [0, 0.1) is 5.92 Å². The van der Waals surface area contributed by atoms with Crippen LogP contribution in [0.15, 0.2) is 29.9 Å². The molecular weight excluding hydrogens is 204 g/mol. The molecule has 0 fully saturated rings. The normalized spacial score (nSPS) is 10.9. The van der Waals surface area contributed by atoms with E-state index in [0.29, 0.717) is 5.92 Å². The molecule has 0 radical (unpaired) electrons. The van der Waals surface area contributed by atoms with E-state index in [1.807, 2.05) is 18.3 Å². The van der Waals surface area contributed by atoms with Crippen molar-refractivity contribution < 1.29 is 0 Å². The summed E-state index contributed by atoms with van der Waals surface area (Å²) in [5.74, 6) is 0.661. The van der Waals surface area contributed by atoms with Crippen molar-refractivity contribution in [3.05, 3.63) is 35.6 Å². The number of aromatic nitrogens is 2. The van der Waals surface area contributed by atoms with E-state index in [9.17, 15) is 0 Å². The summed E-state index contributed by atoms with van der Waals surface area (Å²) in [6, 6.07) is 3.99. The Bertz CT molecular complexity index is 420. The summed E-state index contributed by atoms with van der Waals surface area (Å²) in [5.41, 5.74) is 2.30. The van der Waals surface area contributed by atoms with E-state index in [0.717, 1.165) is 17.0 Å². The van der Waals surface area contributed by atoms with Gasteiger partial charge in [0.15, 0.2) is 0 Å². The van der Waals surface area contributed by atoms with Gasteiger partial charge in [-0.15, -0.1) is 11.3 Å². The van der Waals surface area contributed by atoms with Gasteiger partial charge in [0.25, 0.3) is 0 Å². The lowest BCUT2D eigenvalue weighted by atomic mass is 10.1. The number of rotatable bonds is 3. The maximum atomic E-state index is 4.60. The molecule has 0 unspecified atom stereocenters. The fraction of sp³-hybridized carbons (Fsp3) is 0.333. The lowest BCUT2D eigenvalue weighted by Gasteiger charge is -1.99. The molecule has 3 heteroatoms. The quantitative estimate of drug-likeness (QED) is 0.789. The molecular formula is C12H14N2S. The third-order valence-corrected chi connectivity index (χ3v) is 3.02. The van der Waals surface area contributed by atoms with Gasteiger partial charge in [0, 0.05) is 23.3 Å². The summed E-state index contributed by atoms with van der Waals surface area (Å²) in [6.07, 6.45) is 4.70. The number of hydrogen-bond donors (Lipinski definition) is 0. The second-order valence-electron chi connectivity index (χ2n) is 3.98. The zero-order chi connectivity index (χ0) is 10.7. The van der Waals surface area contributed by atoms with Crippen molar-refractivity contribution in [2.75, 3.05) is 0 Å². The van der Waals surface area contributed by atoms with E-state index in [-0.39, 0.29) is 0 Å². The van der Waals surface area contributed by atoms with Crippen LogP contribution in [0.1, 0.15) is 19.5 Å². The van der Waals surface area contributed by atoms with Gasteiger partial charge < -0.3 is 0 Å². The van der Waals surface area contributed by atoms with Crippen molar-refractivity contribution in [3.8, 4) is 10.6 Å². The Labute approximate surface area is 94.0 Å². The van der Waals surface area contributed by atoms with Gasteiger partial charge in [-0.25, -0.2) is 4.98 Å². The van der Waals surface area contributed by atoms with Gasteiger partial charge in [-0.2, -0.15) is 0 Å². The Kier molecular flexibility index (Phi) is 3.11. The molecule has 0 aliphatic heterocycles. The SMILES string of the molecule is CC(C)Cc1csc(-c2cccnc2)n1. The van der Waals surface area contributed by atoms with Gasteiger partial charge in [0.2, 0.25) is 0 Å². The lowest BCUT2D eigenvalue weighted by Crippen LogP contribution is -1.93. The smallest absolute Gasteiger partial charge is 0.125 e. The third kappa shape index (κ3) is 2.63. The van der Waals surface area contributed by atoms with E-state index in [2.05, 4.69) is 29.2 Å². The Morgan fingerprint density at radius 1 is 1.40 bits per heavy atom. The van der Waals surface area contributed by atoms with Crippen molar-refractivity contribution >= 4 is 11.3 Å². The predicted molar refractivity (Wildman–Crippen MR) is 63.9 cm³/mol. The number of hydrogen-bond acceptors (Lipinski definition) is 3. The Morgan fingerprint density at radius 2 is 2.27 bits per heavy atom. The fourth-order valence-electron chi connectivity index (χ4n) is 1.44. The van der Waals surface area contributed by atoms with Crippen LogP contribution in [-0.2, 0) is 6.42 Å². The van der Waals surface area contributed by atoms with Crippen molar-refractivity contribution in [1.29, 1.82) is 0 Å². The highest BCUT2D eigenvalue weighted by atomic mass is 32.1. The summed E-state index contributed by atoms with van der Waals surface area (Å²) in [7, 11) is 0. The van der Waals surface area contributed by atoms with Crippen LogP contribution in [0.2, 0.25) is 0 Å². The number of thiazole rings is 1. The molecule has 0 amide bonds. The van der Waals surface area contributed by atoms with E-state index in [1.54, 1.807) is 17.5 Å². The van der Waals surface area contributed by atoms with Crippen LogP contribution in [0.3, 0.4) is 0 Å². The Hall–Kier alpha value is -1.22. The van der Waals surface area contributed by atoms with Gasteiger partial charge in [-0.05, 0) is 24.5 Å². The van der Waals surface area contributed by atoms with Gasteiger partial charge in [0.05, 0.1) is 5.69 Å². The molecule has 0 N–H and O–H groups in total. The summed E-state index contributed by atoms with van der Waals surface area (Å²) in [5, 5.41) is 3.21. The van der Waals surface area contributed by atoms with Gasteiger partial charge in [-0.1, -0.05) is 13.8 Å². The molecule has 78 valence electrons. The van der Waals surface area contributed by atoms with Crippen molar-refractivity contribution in [1.82, 2.24) is 9.97 Å². The number of pyridine rings is 1. The maximum absolute atomic E-state index is 4.60. The van der Waals surface area contributed by atoms with Crippen molar-refractivity contribution in [2.24, 2.45) is 5.92 Å². The molecule has 0 aromatic carbocycles. The second-order valence-corrected chi connectivity index (χ2v) is 4.84. The zero-order valence-electron chi connectivity index (χ0n) is 8.97. The minimum absolute atomic E-state index is 0.661. The molecule has 0 saturated heterocycles. The molecule has 2 nitrogen and oxygen atoms in total. The highest BCUT2D eigenvalue weighted by Gasteiger charge is 2.05. The molecule has 0 atom stereocenters. The molecule has 0 aliphatic rings. The topological polar surface area (TPSA) is 25.8 Å². The minimum atomic E-state index is 0.661. The largest absolute Gasteiger partial charge is 0.264 e. The third-order valence-electron chi connectivity index (χ3n) is 2.08. The number of nitrogens with zero attached hydrogens (tertiary/aromatic N) is 2. The maximum Gasteiger partial charge on any atom is 0.125 e. The highest BCUT2D eigenvalue weighted by Crippen LogP contribution is 2.23. The van der Waals surface area contributed by atoms with Crippen LogP contribution >= 0.6 is 11.3 Å². The average Bonchev–Trinajstić information content (AvgIpc) is 2.67. The monoisotopic (exact) mass is 218 g/mol. The molecule has 0 bridgehead atoms. The zero-order valence-corrected chi connectivity index (χ0v) is 9.79. The minimum Gasteiger partial charge on any atom is -0.264 e.